The lowest BCUT2D eigenvalue weighted by molar-refractivity contribution is 1.07. The number of aromatic nitrogens is 2. The third-order valence-electron chi connectivity index (χ3n) is 3.20. The molecule has 4 nitrogen and oxygen atoms in total. The predicted octanol–water partition coefficient (Wildman–Crippen LogP) is 3.14. The van der Waals surface area contributed by atoms with Gasteiger partial charge in [0.2, 0.25) is 0 Å². The average molecular weight is 264 g/mol. The predicted molar refractivity (Wildman–Crippen MR) is 81.9 cm³/mol. The van der Waals surface area contributed by atoms with E-state index in [-0.39, 0.29) is 0 Å². The highest BCUT2D eigenvalue weighted by atomic mass is 15.0. The molecule has 0 radical (unpaired) electrons. The van der Waals surface area contributed by atoms with Gasteiger partial charge in [-0.25, -0.2) is 9.97 Å². The molecule has 0 spiro atoms. The van der Waals surface area contributed by atoms with E-state index in [2.05, 4.69) is 15.3 Å². The van der Waals surface area contributed by atoms with E-state index in [1.165, 1.54) is 0 Å². The van der Waals surface area contributed by atoms with Gasteiger partial charge in [-0.05, 0) is 36.8 Å². The van der Waals surface area contributed by atoms with Crippen molar-refractivity contribution >= 4 is 22.5 Å². The van der Waals surface area contributed by atoms with Crippen LogP contribution in [0.1, 0.15) is 11.3 Å². The highest BCUT2D eigenvalue weighted by Crippen LogP contribution is 2.20. The van der Waals surface area contributed by atoms with Crippen LogP contribution in [0.2, 0.25) is 0 Å². The summed E-state index contributed by atoms with van der Waals surface area (Å²) in [6.07, 6.45) is 0. The molecule has 0 aliphatic carbocycles. The molecule has 3 rings (SSSR count). The summed E-state index contributed by atoms with van der Waals surface area (Å²) in [5.41, 5.74) is 10.4. The molecule has 4 heteroatoms. The molecule has 0 unspecified atom stereocenters. The van der Waals surface area contributed by atoms with E-state index in [0.717, 1.165) is 33.8 Å². The van der Waals surface area contributed by atoms with Crippen LogP contribution in [0, 0.1) is 6.92 Å². The first-order chi connectivity index (χ1) is 9.76. The van der Waals surface area contributed by atoms with Crippen LogP contribution in [0.3, 0.4) is 0 Å². The monoisotopic (exact) mass is 264 g/mol. The van der Waals surface area contributed by atoms with Crippen LogP contribution in [0.5, 0.6) is 0 Å². The average Bonchev–Trinajstić information content (AvgIpc) is 2.49. The standard InChI is InChI=1S/C16H16N4/c1-11-16(19-13-8-6-12(10-17)7-9-13)20-15-5-3-2-4-14(15)18-11/h2-9H,10,17H2,1H3,(H,19,20). The lowest BCUT2D eigenvalue weighted by Gasteiger charge is -2.09. The Hall–Kier alpha value is -2.46. The van der Waals surface area contributed by atoms with Gasteiger partial charge in [-0.15, -0.1) is 0 Å². The van der Waals surface area contributed by atoms with Crippen LogP contribution in [0.4, 0.5) is 11.5 Å². The summed E-state index contributed by atoms with van der Waals surface area (Å²) in [6.45, 7) is 2.51. The Bertz CT molecular complexity index is 735. The van der Waals surface area contributed by atoms with Gasteiger partial charge in [0.25, 0.3) is 0 Å². The number of fused-ring (bicyclic) bond motifs is 1. The van der Waals surface area contributed by atoms with Gasteiger partial charge in [-0.3, -0.25) is 0 Å². The van der Waals surface area contributed by atoms with Crippen LogP contribution in [0.15, 0.2) is 48.5 Å². The summed E-state index contributed by atoms with van der Waals surface area (Å²) in [7, 11) is 0. The first-order valence-corrected chi connectivity index (χ1v) is 6.55. The third-order valence-corrected chi connectivity index (χ3v) is 3.20. The molecule has 0 aliphatic heterocycles. The number of nitrogens with zero attached hydrogens (tertiary/aromatic N) is 2. The minimum Gasteiger partial charge on any atom is -0.339 e. The summed E-state index contributed by atoms with van der Waals surface area (Å²) in [5, 5.41) is 3.30. The Morgan fingerprint density at radius 2 is 1.60 bits per heavy atom. The number of hydrogen-bond acceptors (Lipinski definition) is 4. The summed E-state index contributed by atoms with van der Waals surface area (Å²) in [4.78, 5) is 9.17. The molecule has 0 bridgehead atoms. The third kappa shape index (κ3) is 2.46. The molecule has 0 amide bonds. The van der Waals surface area contributed by atoms with Gasteiger partial charge in [0.15, 0.2) is 5.82 Å². The molecule has 0 fully saturated rings. The lowest BCUT2D eigenvalue weighted by atomic mass is 10.2. The van der Waals surface area contributed by atoms with Crippen molar-refractivity contribution in [1.29, 1.82) is 0 Å². The van der Waals surface area contributed by atoms with E-state index < -0.39 is 0 Å². The number of nitrogens with one attached hydrogen (secondary N) is 1. The molecule has 0 atom stereocenters. The maximum Gasteiger partial charge on any atom is 0.152 e. The van der Waals surface area contributed by atoms with Crippen LogP contribution in [-0.2, 0) is 6.54 Å². The molecule has 100 valence electrons. The van der Waals surface area contributed by atoms with Crippen molar-refractivity contribution in [2.45, 2.75) is 13.5 Å². The molecule has 0 saturated heterocycles. The minimum atomic E-state index is 0.551. The zero-order valence-electron chi connectivity index (χ0n) is 11.3. The zero-order chi connectivity index (χ0) is 13.9. The largest absolute Gasteiger partial charge is 0.339 e. The van der Waals surface area contributed by atoms with E-state index in [1.54, 1.807) is 0 Å². The molecule has 3 aromatic rings. The smallest absolute Gasteiger partial charge is 0.152 e. The maximum atomic E-state index is 5.60. The zero-order valence-corrected chi connectivity index (χ0v) is 11.3. The molecule has 0 aliphatic rings. The van der Waals surface area contributed by atoms with Crippen molar-refractivity contribution in [3.05, 3.63) is 59.8 Å². The van der Waals surface area contributed by atoms with Crippen molar-refractivity contribution in [2.75, 3.05) is 5.32 Å². The Labute approximate surface area is 117 Å². The Kier molecular flexibility index (Phi) is 3.31. The van der Waals surface area contributed by atoms with E-state index >= 15 is 0 Å². The van der Waals surface area contributed by atoms with E-state index in [0.29, 0.717) is 6.54 Å². The molecule has 2 aromatic carbocycles. The highest BCUT2D eigenvalue weighted by Gasteiger charge is 2.05. The fraction of sp³-hybridized carbons (Fsp3) is 0.125. The van der Waals surface area contributed by atoms with Crippen LogP contribution < -0.4 is 11.1 Å². The quantitative estimate of drug-likeness (QED) is 0.762. The van der Waals surface area contributed by atoms with Crippen LogP contribution >= 0.6 is 0 Å². The molecular formula is C16H16N4. The fourth-order valence-corrected chi connectivity index (χ4v) is 2.07. The van der Waals surface area contributed by atoms with Crippen LogP contribution in [0.25, 0.3) is 11.0 Å². The second-order valence-electron chi connectivity index (χ2n) is 4.67. The van der Waals surface area contributed by atoms with Crippen molar-refractivity contribution < 1.29 is 0 Å². The second kappa shape index (κ2) is 5.27. The number of rotatable bonds is 3. The topological polar surface area (TPSA) is 63.8 Å². The van der Waals surface area contributed by atoms with E-state index in [9.17, 15) is 0 Å². The number of anilines is 2. The number of aryl methyl sites for hydroxylation is 1. The summed E-state index contributed by atoms with van der Waals surface area (Å²) >= 11 is 0. The Morgan fingerprint density at radius 3 is 2.25 bits per heavy atom. The lowest BCUT2D eigenvalue weighted by Crippen LogP contribution is -2.00. The number of para-hydroxylation sites is 2. The fourth-order valence-electron chi connectivity index (χ4n) is 2.07. The molecule has 3 N–H and O–H groups in total. The van der Waals surface area contributed by atoms with Gasteiger partial charge in [0, 0.05) is 12.2 Å². The highest BCUT2D eigenvalue weighted by molar-refractivity contribution is 5.77. The minimum absolute atomic E-state index is 0.551. The molecule has 1 heterocycles. The van der Waals surface area contributed by atoms with Gasteiger partial charge in [-0.2, -0.15) is 0 Å². The van der Waals surface area contributed by atoms with Crippen molar-refractivity contribution in [3.8, 4) is 0 Å². The van der Waals surface area contributed by atoms with Gasteiger partial charge in [-0.1, -0.05) is 24.3 Å². The van der Waals surface area contributed by atoms with Gasteiger partial charge in [0.1, 0.15) is 0 Å². The summed E-state index contributed by atoms with van der Waals surface area (Å²) < 4.78 is 0. The van der Waals surface area contributed by atoms with Gasteiger partial charge < -0.3 is 11.1 Å². The summed E-state index contributed by atoms with van der Waals surface area (Å²) in [5.74, 6) is 0.782. The maximum absolute atomic E-state index is 5.60. The molecular weight excluding hydrogens is 248 g/mol. The van der Waals surface area contributed by atoms with Gasteiger partial charge in [0.05, 0.1) is 16.7 Å². The Morgan fingerprint density at radius 1 is 0.950 bits per heavy atom. The molecule has 20 heavy (non-hydrogen) atoms. The first-order valence-electron chi connectivity index (χ1n) is 6.55. The normalized spacial score (nSPS) is 10.7. The number of hydrogen-bond donors (Lipinski definition) is 2. The number of benzene rings is 2. The van der Waals surface area contributed by atoms with Crippen LogP contribution in [-0.4, -0.2) is 9.97 Å². The van der Waals surface area contributed by atoms with Crippen molar-refractivity contribution in [1.82, 2.24) is 9.97 Å². The van der Waals surface area contributed by atoms with Crippen molar-refractivity contribution in [2.24, 2.45) is 5.73 Å². The van der Waals surface area contributed by atoms with E-state index in [4.69, 9.17) is 5.73 Å². The first kappa shape index (κ1) is 12.6. The summed E-state index contributed by atoms with van der Waals surface area (Å²) in [6, 6.07) is 15.9. The molecule has 1 aromatic heterocycles. The SMILES string of the molecule is Cc1nc2ccccc2nc1Nc1ccc(CN)cc1. The number of nitrogens with two attached hydrogens (primary N) is 1. The van der Waals surface area contributed by atoms with Crippen molar-refractivity contribution in [3.63, 3.8) is 0 Å². The van der Waals surface area contributed by atoms with E-state index in [1.807, 2.05) is 55.5 Å². The van der Waals surface area contributed by atoms with Gasteiger partial charge >= 0.3 is 0 Å². The second-order valence-corrected chi connectivity index (χ2v) is 4.67. The Balaban J connectivity index is 1.94. The molecule has 0 saturated carbocycles.